The summed E-state index contributed by atoms with van der Waals surface area (Å²) in [7, 11) is 1.60. The summed E-state index contributed by atoms with van der Waals surface area (Å²) in [5.41, 5.74) is 1.71. The third-order valence-corrected chi connectivity index (χ3v) is 5.15. The molecule has 6 heteroatoms. The molecule has 4 rings (SSSR count). The van der Waals surface area contributed by atoms with Gasteiger partial charge in [-0.3, -0.25) is 4.79 Å². The molecule has 1 amide bonds. The number of piperidine rings is 1. The van der Waals surface area contributed by atoms with Crippen LogP contribution in [0.4, 0.5) is 11.6 Å². The van der Waals surface area contributed by atoms with Crippen LogP contribution in [0.25, 0.3) is 10.8 Å². The molecule has 2 aromatic carbocycles. The summed E-state index contributed by atoms with van der Waals surface area (Å²) in [6, 6.07) is 15.9. The van der Waals surface area contributed by atoms with E-state index in [0.717, 1.165) is 41.5 Å². The molecule has 1 saturated heterocycles. The molecule has 1 aromatic heterocycles. The molecule has 2 heterocycles. The molecule has 28 heavy (non-hydrogen) atoms. The van der Waals surface area contributed by atoms with Gasteiger partial charge in [0.05, 0.1) is 13.0 Å². The Labute approximate surface area is 164 Å². The van der Waals surface area contributed by atoms with Gasteiger partial charge < -0.3 is 15.0 Å². The minimum Gasteiger partial charge on any atom is -0.481 e. The van der Waals surface area contributed by atoms with Crippen LogP contribution >= 0.6 is 0 Å². The first-order valence-electron chi connectivity index (χ1n) is 9.57. The first-order chi connectivity index (χ1) is 13.6. The first-order valence-corrected chi connectivity index (χ1v) is 9.57. The minimum atomic E-state index is -0.108. The van der Waals surface area contributed by atoms with Crippen LogP contribution in [0.5, 0.6) is 5.88 Å². The summed E-state index contributed by atoms with van der Waals surface area (Å²) in [5.74, 6) is 1.10. The second-order valence-corrected chi connectivity index (χ2v) is 7.15. The van der Waals surface area contributed by atoms with Crippen LogP contribution in [0, 0.1) is 12.8 Å². The highest BCUT2D eigenvalue weighted by atomic mass is 16.5. The Kier molecular flexibility index (Phi) is 5.10. The molecule has 144 valence electrons. The van der Waals surface area contributed by atoms with Gasteiger partial charge in [-0.25, -0.2) is 4.98 Å². The molecule has 1 aliphatic heterocycles. The second-order valence-electron chi connectivity index (χ2n) is 7.15. The molecule has 0 radical (unpaired) electrons. The van der Waals surface area contributed by atoms with Gasteiger partial charge in [-0.05, 0) is 31.2 Å². The molecular formula is C22H24N4O2. The van der Waals surface area contributed by atoms with Crippen molar-refractivity contribution in [1.29, 1.82) is 0 Å². The van der Waals surface area contributed by atoms with Crippen molar-refractivity contribution in [2.75, 3.05) is 30.4 Å². The van der Waals surface area contributed by atoms with Crippen LogP contribution in [0.3, 0.4) is 0 Å². The first kappa shape index (κ1) is 18.2. The summed E-state index contributed by atoms with van der Waals surface area (Å²) < 4.78 is 5.26. The number of benzene rings is 2. The Hall–Kier alpha value is -3.15. The van der Waals surface area contributed by atoms with Crippen LogP contribution in [0.2, 0.25) is 0 Å². The van der Waals surface area contributed by atoms with Crippen molar-refractivity contribution in [2.24, 2.45) is 5.92 Å². The number of hydrogen-bond acceptors (Lipinski definition) is 5. The summed E-state index contributed by atoms with van der Waals surface area (Å²) in [6.07, 6.45) is 1.78. The molecule has 0 bridgehead atoms. The standard InChI is InChI=1S/C22H24N4O2/c1-15-13-20(28-2)25-22(23-15)26-12-6-9-17(14-26)21(27)24-19-11-5-8-16-7-3-4-10-18(16)19/h3-5,7-8,10-11,13,17H,6,9,12,14H2,1-2H3,(H,24,27)/t17-/m0/s1. The lowest BCUT2D eigenvalue weighted by atomic mass is 9.97. The van der Waals surface area contributed by atoms with E-state index in [4.69, 9.17) is 4.74 Å². The van der Waals surface area contributed by atoms with Gasteiger partial charge in [0, 0.05) is 35.9 Å². The van der Waals surface area contributed by atoms with Crippen LogP contribution in [-0.4, -0.2) is 36.1 Å². The van der Waals surface area contributed by atoms with E-state index in [1.807, 2.05) is 37.3 Å². The van der Waals surface area contributed by atoms with E-state index < -0.39 is 0 Å². The third kappa shape index (κ3) is 3.76. The maximum atomic E-state index is 13.0. The number of methoxy groups -OCH3 is 1. The number of ether oxygens (including phenoxy) is 1. The number of fused-ring (bicyclic) bond motifs is 1. The molecule has 1 fully saturated rings. The van der Waals surface area contributed by atoms with Crippen LogP contribution < -0.4 is 15.0 Å². The fourth-order valence-corrected chi connectivity index (χ4v) is 3.71. The topological polar surface area (TPSA) is 67.3 Å². The van der Waals surface area contributed by atoms with Crippen molar-refractivity contribution >= 4 is 28.3 Å². The van der Waals surface area contributed by atoms with Crippen LogP contribution in [0.15, 0.2) is 48.5 Å². The maximum absolute atomic E-state index is 13.0. The monoisotopic (exact) mass is 376 g/mol. The van der Waals surface area contributed by atoms with Crippen molar-refractivity contribution in [2.45, 2.75) is 19.8 Å². The number of nitrogens with zero attached hydrogens (tertiary/aromatic N) is 3. The second kappa shape index (κ2) is 7.84. The molecule has 0 saturated carbocycles. The van der Waals surface area contributed by atoms with Gasteiger partial charge in [-0.1, -0.05) is 36.4 Å². The molecule has 0 spiro atoms. The van der Waals surface area contributed by atoms with Crippen molar-refractivity contribution < 1.29 is 9.53 Å². The number of aromatic nitrogens is 2. The molecule has 0 unspecified atom stereocenters. The summed E-state index contributed by atoms with van der Waals surface area (Å²) >= 11 is 0. The number of carbonyl (C=O) groups excluding carboxylic acids is 1. The Balaban J connectivity index is 1.51. The van der Waals surface area contributed by atoms with E-state index in [1.54, 1.807) is 13.2 Å². The average Bonchev–Trinajstić information content (AvgIpc) is 2.73. The lowest BCUT2D eigenvalue weighted by molar-refractivity contribution is -0.120. The normalized spacial score (nSPS) is 16.8. The fourth-order valence-electron chi connectivity index (χ4n) is 3.71. The number of amides is 1. The number of carbonyl (C=O) groups is 1. The van der Waals surface area contributed by atoms with Gasteiger partial charge in [-0.2, -0.15) is 4.98 Å². The van der Waals surface area contributed by atoms with E-state index in [9.17, 15) is 4.79 Å². The summed E-state index contributed by atoms with van der Waals surface area (Å²) in [4.78, 5) is 24.0. The van der Waals surface area contributed by atoms with Gasteiger partial charge in [-0.15, -0.1) is 0 Å². The van der Waals surface area contributed by atoms with Crippen LogP contribution in [-0.2, 0) is 4.79 Å². The predicted molar refractivity (Wildman–Crippen MR) is 111 cm³/mol. The Morgan fingerprint density at radius 1 is 1.18 bits per heavy atom. The van der Waals surface area contributed by atoms with Crippen LogP contribution in [0.1, 0.15) is 18.5 Å². The van der Waals surface area contributed by atoms with Crippen molar-refractivity contribution in [3.63, 3.8) is 0 Å². The lowest BCUT2D eigenvalue weighted by Crippen LogP contribution is -2.41. The van der Waals surface area contributed by atoms with Crippen molar-refractivity contribution in [1.82, 2.24) is 9.97 Å². The smallest absolute Gasteiger partial charge is 0.229 e. The maximum Gasteiger partial charge on any atom is 0.229 e. The zero-order valence-electron chi connectivity index (χ0n) is 16.2. The van der Waals surface area contributed by atoms with Gasteiger partial charge in [0.1, 0.15) is 0 Å². The average molecular weight is 376 g/mol. The number of anilines is 2. The van der Waals surface area contributed by atoms with E-state index in [-0.39, 0.29) is 11.8 Å². The number of aryl methyl sites for hydroxylation is 1. The fraction of sp³-hybridized carbons (Fsp3) is 0.318. The van der Waals surface area contributed by atoms with Gasteiger partial charge in [0.2, 0.25) is 17.7 Å². The summed E-state index contributed by atoms with van der Waals surface area (Å²) in [5, 5.41) is 5.30. The highest BCUT2D eigenvalue weighted by Gasteiger charge is 2.28. The summed E-state index contributed by atoms with van der Waals surface area (Å²) in [6.45, 7) is 3.36. The highest BCUT2D eigenvalue weighted by molar-refractivity contribution is 6.02. The number of nitrogens with one attached hydrogen (secondary N) is 1. The molecule has 1 aliphatic rings. The number of rotatable bonds is 4. The molecule has 6 nitrogen and oxygen atoms in total. The molecular weight excluding hydrogens is 352 g/mol. The Morgan fingerprint density at radius 2 is 2.00 bits per heavy atom. The molecule has 1 atom stereocenters. The van der Waals surface area contributed by atoms with E-state index in [2.05, 4.69) is 32.3 Å². The largest absolute Gasteiger partial charge is 0.481 e. The van der Waals surface area contributed by atoms with Crippen molar-refractivity contribution in [3.8, 4) is 5.88 Å². The number of hydrogen-bond donors (Lipinski definition) is 1. The molecule has 3 aromatic rings. The highest BCUT2D eigenvalue weighted by Crippen LogP contribution is 2.26. The lowest BCUT2D eigenvalue weighted by Gasteiger charge is -2.32. The van der Waals surface area contributed by atoms with Gasteiger partial charge in [0.25, 0.3) is 0 Å². The van der Waals surface area contributed by atoms with E-state index >= 15 is 0 Å². The molecule has 1 N–H and O–H groups in total. The Bertz CT molecular complexity index is 999. The zero-order valence-corrected chi connectivity index (χ0v) is 16.2. The third-order valence-electron chi connectivity index (χ3n) is 5.15. The quantitative estimate of drug-likeness (QED) is 0.750. The predicted octanol–water partition coefficient (Wildman–Crippen LogP) is 3.80. The molecule has 0 aliphatic carbocycles. The van der Waals surface area contributed by atoms with Gasteiger partial charge >= 0.3 is 0 Å². The zero-order chi connectivity index (χ0) is 19.5. The van der Waals surface area contributed by atoms with Gasteiger partial charge in [0.15, 0.2) is 0 Å². The van der Waals surface area contributed by atoms with E-state index in [1.165, 1.54) is 0 Å². The van der Waals surface area contributed by atoms with Crippen molar-refractivity contribution in [3.05, 3.63) is 54.2 Å². The SMILES string of the molecule is COc1cc(C)nc(N2CCC[C@H](C(=O)Nc3cccc4ccccc34)C2)n1. The minimum absolute atomic E-state index is 0.0423. The van der Waals surface area contributed by atoms with E-state index in [0.29, 0.717) is 18.4 Å². The Morgan fingerprint density at radius 3 is 2.86 bits per heavy atom.